The molecule has 2 heterocycles. The molecule has 200 valence electrons. The van der Waals surface area contributed by atoms with E-state index in [9.17, 15) is 9.90 Å². The number of aromatic nitrogens is 2. The van der Waals surface area contributed by atoms with Crippen LogP contribution in [0, 0.1) is 0 Å². The number of benzene rings is 2. The zero-order chi connectivity index (χ0) is 27.1. The number of amides is 1. The van der Waals surface area contributed by atoms with Crippen molar-refractivity contribution in [1.82, 2.24) is 14.9 Å². The van der Waals surface area contributed by atoms with E-state index in [1.165, 1.54) is 4.90 Å². The van der Waals surface area contributed by atoms with Crippen molar-refractivity contribution < 1.29 is 24.1 Å². The Balaban J connectivity index is 1.34. The van der Waals surface area contributed by atoms with Crippen LogP contribution in [0.4, 0.5) is 4.79 Å². The van der Waals surface area contributed by atoms with Crippen LogP contribution >= 0.6 is 0 Å². The third kappa shape index (κ3) is 6.43. The minimum Gasteiger partial charge on any atom is -0.491 e. The molecule has 0 saturated carbocycles. The van der Waals surface area contributed by atoms with E-state index in [1.54, 1.807) is 6.20 Å². The van der Waals surface area contributed by atoms with E-state index in [0.29, 0.717) is 37.9 Å². The topological polar surface area (TPSA) is 94.0 Å². The lowest BCUT2D eigenvalue weighted by atomic mass is 9.78. The van der Waals surface area contributed by atoms with Crippen LogP contribution in [-0.4, -0.2) is 51.9 Å². The highest BCUT2D eigenvalue weighted by Crippen LogP contribution is 2.33. The quantitative estimate of drug-likeness (QED) is 0.316. The van der Waals surface area contributed by atoms with E-state index in [0.717, 1.165) is 41.2 Å². The molecule has 1 unspecified atom stereocenters. The van der Waals surface area contributed by atoms with Gasteiger partial charge in [-0.25, -0.2) is 14.8 Å². The van der Waals surface area contributed by atoms with Gasteiger partial charge < -0.3 is 24.2 Å². The Kier molecular flexibility index (Phi) is 8.51. The summed E-state index contributed by atoms with van der Waals surface area (Å²) in [5, 5.41) is 9.31. The summed E-state index contributed by atoms with van der Waals surface area (Å²) in [4.78, 5) is 21.5. The van der Waals surface area contributed by atoms with Gasteiger partial charge in [-0.2, -0.15) is 0 Å². The average molecular weight is 518 g/mol. The van der Waals surface area contributed by atoms with Gasteiger partial charge in [-0.3, -0.25) is 0 Å². The number of nitrogens with zero attached hydrogens (tertiary/aromatic N) is 3. The lowest BCUT2D eigenvalue weighted by Gasteiger charge is -2.27. The van der Waals surface area contributed by atoms with Crippen LogP contribution in [0.1, 0.15) is 56.3 Å². The number of ether oxygens (including phenoxy) is 3. The molecule has 8 heteroatoms. The molecule has 3 aromatic rings. The van der Waals surface area contributed by atoms with Crippen LogP contribution in [0.2, 0.25) is 0 Å². The Bertz CT molecular complexity index is 1240. The molecular weight excluding hydrogens is 482 g/mol. The molecule has 1 aliphatic rings. The fourth-order valence-electron chi connectivity index (χ4n) is 4.56. The number of likely N-dealkylation sites (tertiary alicyclic amines) is 1. The molecule has 1 N–H and O–H groups in total. The molecular formula is C30H35N3O5. The molecule has 1 fully saturated rings. The second-order valence-corrected chi connectivity index (χ2v) is 9.77. The maximum Gasteiger partial charge on any atom is 0.407 e. The summed E-state index contributed by atoms with van der Waals surface area (Å²) in [6.45, 7) is 11.9. The molecule has 1 amide bonds. The van der Waals surface area contributed by atoms with Crippen LogP contribution in [0.5, 0.6) is 11.5 Å². The Labute approximate surface area is 223 Å². The normalized spacial score (nSPS) is 15.2. The van der Waals surface area contributed by atoms with Crippen LogP contribution < -0.4 is 9.47 Å². The number of hydrogen-bond acceptors (Lipinski definition) is 6. The van der Waals surface area contributed by atoms with Crippen LogP contribution in [-0.2, 0) is 16.8 Å². The smallest absolute Gasteiger partial charge is 0.407 e. The average Bonchev–Trinajstić information content (AvgIpc) is 3.41. The maximum absolute atomic E-state index is 11.3. The predicted molar refractivity (Wildman–Crippen MR) is 145 cm³/mol. The third-order valence-electron chi connectivity index (χ3n) is 6.89. The first-order valence-corrected chi connectivity index (χ1v) is 12.9. The van der Waals surface area contributed by atoms with Gasteiger partial charge in [0.2, 0.25) is 0 Å². The van der Waals surface area contributed by atoms with Crippen molar-refractivity contribution in [3.05, 3.63) is 90.0 Å². The molecule has 38 heavy (non-hydrogen) atoms. The van der Waals surface area contributed by atoms with E-state index in [4.69, 9.17) is 14.2 Å². The summed E-state index contributed by atoms with van der Waals surface area (Å²) in [5.41, 5.74) is 2.81. The summed E-state index contributed by atoms with van der Waals surface area (Å²) in [6.07, 6.45) is 2.51. The van der Waals surface area contributed by atoms with Crippen LogP contribution in [0.3, 0.4) is 0 Å². The second kappa shape index (κ2) is 12.0. The van der Waals surface area contributed by atoms with Gasteiger partial charge in [0.05, 0.1) is 18.3 Å². The Morgan fingerprint density at radius 3 is 2.29 bits per heavy atom. The minimum absolute atomic E-state index is 0.0877. The molecule has 1 saturated heterocycles. The standard InChI is InChI=1S/C30H35N3O5/c1-5-36-21(2)28-31-17-16-24(32-28)19-37-26-12-8-22(9-13-26)30(3,4)23-10-14-27(15-11-23)38-20-25-7-6-18-33(25)29(34)35/h8-17,25H,2,5-7,18-20H2,1,3-4H3,(H,34,35). The molecule has 2 aromatic carbocycles. The van der Waals surface area contributed by atoms with Gasteiger partial charge in [-0.1, -0.05) is 44.7 Å². The van der Waals surface area contributed by atoms with Crippen LogP contribution in [0.25, 0.3) is 5.76 Å². The number of rotatable bonds is 11. The zero-order valence-corrected chi connectivity index (χ0v) is 22.2. The fourth-order valence-corrected chi connectivity index (χ4v) is 4.56. The molecule has 0 aliphatic carbocycles. The fraction of sp³-hybridized carbons (Fsp3) is 0.367. The number of carbonyl (C=O) groups is 1. The Hall–Kier alpha value is -4.07. The molecule has 8 nitrogen and oxygen atoms in total. The van der Waals surface area contributed by atoms with Gasteiger partial charge in [-0.15, -0.1) is 0 Å². The first-order chi connectivity index (χ1) is 18.3. The van der Waals surface area contributed by atoms with Crippen LogP contribution in [0.15, 0.2) is 67.4 Å². The third-order valence-corrected chi connectivity index (χ3v) is 6.89. The van der Waals surface area contributed by atoms with E-state index in [-0.39, 0.29) is 11.5 Å². The lowest BCUT2D eigenvalue weighted by Crippen LogP contribution is -2.38. The molecule has 1 atom stereocenters. The predicted octanol–water partition coefficient (Wildman–Crippen LogP) is 5.91. The second-order valence-electron chi connectivity index (χ2n) is 9.77. The summed E-state index contributed by atoms with van der Waals surface area (Å²) < 4.78 is 17.3. The summed E-state index contributed by atoms with van der Waals surface area (Å²) in [5.74, 6) is 2.39. The summed E-state index contributed by atoms with van der Waals surface area (Å²) >= 11 is 0. The summed E-state index contributed by atoms with van der Waals surface area (Å²) in [7, 11) is 0. The highest BCUT2D eigenvalue weighted by Gasteiger charge is 2.29. The Morgan fingerprint density at radius 2 is 1.68 bits per heavy atom. The largest absolute Gasteiger partial charge is 0.491 e. The monoisotopic (exact) mass is 517 g/mol. The molecule has 0 radical (unpaired) electrons. The lowest BCUT2D eigenvalue weighted by molar-refractivity contribution is 0.123. The van der Waals surface area contributed by atoms with Crippen molar-refractivity contribution in [3.63, 3.8) is 0 Å². The maximum atomic E-state index is 11.3. The highest BCUT2D eigenvalue weighted by atomic mass is 16.5. The van der Waals surface area contributed by atoms with E-state index < -0.39 is 6.09 Å². The van der Waals surface area contributed by atoms with E-state index in [1.807, 2.05) is 37.3 Å². The SMILES string of the molecule is C=C(OCC)c1nccc(COc2ccc(C(C)(C)c3ccc(OCC4CCCN4C(=O)O)cc3)cc2)n1. The van der Waals surface area contributed by atoms with Crippen molar-refractivity contribution in [1.29, 1.82) is 0 Å². The van der Waals surface area contributed by atoms with Crippen molar-refractivity contribution in [2.24, 2.45) is 0 Å². The zero-order valence-electron chi connectivity index (χ0n) is 22.2. The first-order valence-electron chi connectivity index (χ1n) is 12.9. The van der Waals surface area contributed by atoms with Gasteiger partial charge in [-0.05, 0) is 61.2 Å². The molecule has 1 aliphatic heterocycles. The first kappa shape index (κ1) is 27.0. The molecule has 1 aromatic heterocycles. The number of carboxylic acid groups (broad SMARTS) is 1. The van der Waals surface area contributed by atoms with Crippen molar-refractivity contribution in [2.75, 3.05) is 19.8 Å². The highest BCUT2D eigenvalue weighted by molar-refractivity contribution is 5.65. The molecule has 4 rings (SSSR count). The minimum atomic E-state index is -0.878. The van der Waals surface area contributed by atoms with Gasteiger partial charge in [0.25, 0.3) is 0 Å². The van der Waals surface area contributed by atoms with Gasteiger partial charge in [0.1, 0.15) is 24.7 Å². The summed E-state index contributed by atoms with van der Waals surface area (Å²) in [6, 6.07) is 17.8. The van der Waals surface area contributed by atoms with E-state index >= 15 is 0 Å². The van der Waals surface area contributed by atoms with Gasteiger partial charge in [0.15, 0.2) is 11.6 Å². The van der Waals surface area contributed by atoms with Crippen molar-refractivity contribution in [3.8, 4) is 11.5 Å². The van der Waals surface area contributed by atoms with Gasteiger partial charge >= 0.3 is 6.09 Å². The number of hydrogen-bond donors (Lipinski definition) is 1. The molecule has 0 spiro atoms. The van der Waals surface area contributed by atoms with Gasteiger partial charge in [0, 0.05) is 18.2 Å². The van der Waals surface area contributed by atoms with Crippen molar-refractivity contribution >= 4 is 11.9 Å². The van der Waals surface area contributed by atoms with E-state index in [2.05, 4.69) is 54.7 Å². The Morgan fingerprint density at radius 1 is 1.05 bits per heavy atom. The molecule has 0 bridgehead atoms. The van der Waals surface area contributed by atoms with Crippen molar-refractivity contribution in [2.45, 2.75) is 51.7 Å².